The summed E-state index contributed by atoms with van der Waals surface area (Å²) >= 11 is 0. The summed E-state index contributed by atoms with van der Waals surface area (Å²) < 4.78 is 57.9. The predicted molar refractivity (Wildman–Crippen MR) is 550 cm³/mol. The molecule has 20 bridgehead atoms. The van der Waals surface area contributed by atoms with E-state index in [9.17, 15) is 47.9 Å². The Morgan fingerprint density at radius 3 is 0.913 bits per heavy atom. The number of benzene rings is 2. The van der Waals surface area contributed by atoms with E-state index in [1.54, 1.807) is 189 Å². The van der Waals surface area contributed by atoms with E-state index in [1.165, 1.54) is 29.6 Å². The molecule has 0 atom stereocenters. The average Bonchev–Trinajstić information content (AvgIpc) is 1.60. The summed E-state index contributed by atoms with van der Waals surface area (Å²) in [6.07, 6.45) is 26.9. The molecule has 15 aromatic rings. The number of carbonyl (C=O) groups is 10. The third-order valence-corrected chi connectivity index (χ3v) is 23.2. The van der Waals surface area contributed by atoms with Gasteiger partial charge in [-0.15, -0.1) is 0 Å². The van der Waals surface area contributed by atoms with Gasteiger partial charge in [0.05, 0.1) is 72.7 Å². The van der Waals surface area contributed by atoms with Crippen LogP contribution in [0.5, 0.6) is 23.5 Å². The number of ketones is 5. The Morgan fingerprint density at radius 1 is 0.247 bits per heavy atom. The lowest BCUT2D eigenvalue weighted by Gasteiger charge is -2.10. The fourth-order valence-corrected chi connectivity index (χ4v) is 16.0. The number of fused-ring (bicyclic) bond motifs is 30. The highest BCUT2D eigenvalue weighted by molar-refractivity contribution is 6.13. The third-order valence-electron chi connectivity index (χ3n) is 23.2. The van der Waals surface area contributed by atoms with Crippen molar-refractivity contribution in [2.24, 2.45) is 35.2 Å². The zero-order valence-corrected chi connectivity index (χ0v) is 82.8. The molecule has 13 aromatic heterocycles. The monoisotopic (exact) mass is 2030 g/mol. The molecule has 5 aliphatic heterocycles. The minimum atomic E-state index is -0.422. The first kappa shape index (κ1) is 105. The predicted octanol–water partition coefficient (Wildman–Crippen LogP) is 13.7. The van der Waals surface area contributed by atoms with Gasteiger partial charge in [-0.2, -0.15) is 25.5 Å². The van der Waals surface area contributed by atoms with Crippen LogP contribution in [-0.2, 0) is 58.9 Å². The first-order valence-corrected chi connectivity index (χ1v) is 48.4. The molecule has 0 spiro atoms. The van der Waals surface area contributed by atoms with E-state index in [0.29, 0.717) is 217 Å². The lowest BCUT2D eigenvalue weighted by atomic mass is 10.0. The third kappa shape index (κ3) is 29.3. The zero-order chi connectivity index (χ0) is 105. The standard InChI is InChI=1S/C22H23N5O3.C22H22N4O4.3C21H21N5O4/c1-27-14-18-21(26-27)19(28)6-3-10-30-11-9-24-20-13-16(7-8-23-20)15-4-2-5-17(12-15)22(29)25-18;1-26-14-18-21(25-26)19(27)6-3-9-29-10-11-30-20-13-16(7-8-23-20)15-4-2-5-17(12-15)22(28)24-18;1-26-13-17-20(25-26)18(27)3-2-8-29-9-10-30-19-12-14(4-7-23-19)16-11-15(5-6-22-16)21(28)24-17;1-26-13-17-20(25-26)18(27)3-2-8-29-9-10-30-19-12-15(5-7-23-19)14-4-6-22-16(11-14)21(28)24-17;1-26-13-17-20(25-26)18(27)3-2-6-29-7-8-30-19-10-14(4-5-23-19)15-9-16(12-22-11-15)21(28)24-17/h2,4-5,7-8,12-14H,3,6,9-11H2,1H3,(H,23,24)(H,25,29);2,4-5,7-8,12-14H,3,6,9-11H2,1H3,(H,24,28);2*4-7,11-13H,2-3,8-10H2,1H3,(H,24,28);4-5,9-13H,2-3,6-8H2,1H3,(H,24,28). The topological polar surface area (TPSA) is 518 Å². The lowest BCUT2D eigenvalue weighted by molar-refractivity contribution is 0.0858. The van der Waals surface area contributed by atoms with Gasteiger partial charge in [-0.1, -0.05) is 24.3 Å². The first-order valence-electron chi connectivity index (χ1n) is 48.4. The minimum absolute atomic E-state index is 0.123. The smallest absolute Gasteiger partial charge is 0.274 e. The van der Waals surface area contributed by atoms with Crippen LogP contribution in [0.15, 0.2) is 226 Å². The van der Waals surface area contributed by atoms with Gasteiger partial charge in [0.15, 0.2) is 57.4 Å². The Morgan fingerprint density at radius 2 is 0.520 bits per heavy atom. The summed E-state index contributed by atoms with van der Waals surface area (Å²) in [7, 11) is 8.54. The molecule has 2 aromatic carbocycles. The van der Waals surface area contributed by atoms with E-state index in [4.69, 9.17) is 42.6 Å². The maximum Gasteiger partial charge on any atom is 0.274 e. The van der Waals surface area contributed by atoms with Crippen molar-refractivity contribution in [2.75, 3.05) is 131 Å². The first-order chi connectivity index (χ1) is 73.0. The number of rotatable bonds is 0. The molecule has 0 unspecified atom stereocenters. The summed E-state index contributed by atoms with van der Waals surface area (Å²) in [6.45, 7) is 6.26. The molecule has 0 saturated carbocycles. The fraction of sp³-hybridized carbons (Fsp3) is 0.280. The maximum absolute atomic E-state index is 12.9. The van der Waals surface area contributed by atoms with Gasteiger partial charge < -0.3 is 74.5 Å². The second-order valence-electron chi connectivity index (χ2n) is 34.6. The van der Waals surface area contributed by atoms with Crippen molar-refractivity contribution < 1.29 is 90.6 Å². The Hall–Kier alpha value is -17.8. The highest BCUT2D eigenvalue weighted by Crippen LogP contribution is 2.33. The number of ether oxygens (including phenoxy) is 9. The highest BCUT2D eigenvalue weighted by Gasteiger charge is 2.28. The normalized spacial score (nSPS) is 15.4. The Bertz CT molecular complexity index is 6380. The van der Waals surface area contributed by atoms with Crippen molar-refractivity contribution in [1.82, 2.24) is 88.8 Å². The van der Waals surface area contributed by atoms with Gasteiger partial charge in [0.25, 0.3) is 29.5 Å². The van der Waals surface area contributed by atoms with Gasteiger partial charge in [-0.25, -0.2) is 24.9 Å². The summed E-state index contributed by atoms with van der Waals surface area (Å²) in [5, 5.41) is 38.3. The Labute approximate surface area is 860 Å². The van der Waals surface area contributed by atoms with Crippen LogP contribution in [0.25, 0.3) is 55.8 Å². The summed E-state index contributed by atoms with van der Waals surface area (Å²) in [6, 6.07) is 41.4. The molecular weight excluding hydrogens is 1930 g/mol. The number of pyridine rings is 8. The van der Waals surface area contributed by atoms with Crippen molar-refractivity contribution in [2.45, 2.75) is 64.2 Å². The molecule has 6 N–H and O–H groups in total. The average molecular weight is 2030 g/mol. The summed E-state index contributed by atoms with van der Waals surface area (Å²) in [4.78, 5) is 161. The molecule has 43 nitrogen and oxygen atoms in total. The number of nitrogens with one attached hydrogen (secondary N) is 6. The molecule has 43 heteroatoms. The molecule has 0 saturated heterocycles. The SMILES string of the molecule is Cn1cc2c(n1)C(=O)CCCOCCNc1cc(ccn1)-c1cccc(c1)C(=O)N2.Cn1cc2c(n1)C(=O)CCCOCCOc1cc(ccn1)-c1cc(ccn1)C(=O)N2.Cn1cc2c(n1)C(=O)CCCOCCOc1cc(ccn1)-c1cccc(c1)C(=O)N2.Cn1cc2c(n1)C(=O)CCCOCCOc1cc(ccn1)-c1ccnc(c1)C(=O)N2.Cn1cc2c(n1)C(=O)CCCOCCOc1cc(ccn1)-c1cncc(c1)C(=O)N2. The van der Waals surface area contributed by atoms with Gasteiger partial charge in [0, 0.05) is 246 Å². The van der Waals surface area contributed by atoms with Crippen LogP contribution in [0.4, 0.5) is 34.3 Å². The number of hydrogen-bond donors (Lipinski definition) is 6. The van der Waals surface area contributed by atoms with Crippen LogP contribution in [0, 0.1) is 0 Å². The van der Waals surface area contributed by atoms with Crippen LogP contribution in [-0.4, -0.2) is 246 Å². The number of hydrogen-bond acceptors (Lipinski definition) is 33. The van der Waals surface area contributed by atoms with E-state index >= 15 is 0 Å². The number of carbonyl (C=O) groups excluding carboxylic acids is 10. The van der Waals surface area contributed by atoms with Gasteiger partial charge in [-0.05, 0) is 162 Å². The van der Waals surface area contributed by atoms with Crippen LogP contribution in [0.1, 0.15) is 169 Å². The Balaban J connectivity index is 0.000000133. The molecule has 150 heavy (non-hydrogen) atoms. The number of Topliss-reactive ketones (excluding diaryl/α,β-unsaturated/α-hetero) is 5. The zero-order valence-electron chi connectivity index (χ0n) is 82.8. The number of aryl methyl sites for hydroxylation is 5. The number of amides is 5. The Kier molecular flexibility index (Phi) is 36.3. The molecule has 0 radical (unpaired) electrons. The van der Waals surface area contributed by atoms with E-state index in [2.05, 4.69) is 97.3 Å². The van der Waals surface area contributed by atoms with Crippen LogP contribution >= 0.6 is 0 Å². The summed E-state index contributed by atoms with van der Waals surface area (Å²) in [5.74, 6) is 0.121. The minimum Gasteiger partial charge on any atom is -0.475 e. The van der Waals surface area contributed by atoms with Crippen molar-refractivity contribution in [3.8, 4) is 79.3 Å². The molecular formula is C107H108N24O19. The van der Waals surface area contributed by atoms with Gasteiger partial charge >= 0.3 is 0 Å². The number of aromatic nitrogens is 18. The van der Waals surface area contributed by atoms with Crippen LogP contribution < -0.4 is 50.8 Å². The van der Waals surface area contributed by atoms with Crippen molar-refractivity contribution in [3.05, 3.63) is 283 Å². The molecule has 20 rings (SSSR count). The van der Waals surface area contributed by atoms with E-state index in [-0.39, 0.29) is 112 Å². The highest BCUT2D eigenvalue weighted by atomic mass is 16.5. The largest absolute Gasteiger partial charge is 0.475 e. The molecule has 0 fully saturated rings. The lowest BCUT2D eigenvalue weighted by Crippen LogP contribution is -2.16. The van der Waals surface area contributed by atoms with Gasteiger partial charge in [-0.3, -0.25) is 86.3 Å². The maximum atomic E-state index is 12.9. The van der Waals surface area contributed by atoms with Crippen LogP contribution in [0.3, 0.4) is 0 Å². The number of anilines is 6. The number of nitrogens with zero attached hydrogens (tertiary/aromatic N) is 18. The quantitative estimate of drug-likeness (QED) is 0.0821. The van der Waals surface area contributed by atoms with E-state index in [0.717, 1.165) is 55.9 Å². The molecule has 18 heterocycles. The fourth-order valence-electron chi connectivity index (χ4n) is 16.0. The summed E-state index contributed by atoms with van der Waals surface area (Å²) in [5.41, 5.74) is 13.3. The molecule has 5 amide bonds. The van der Waals surface area contributed by atoms with Crippen molar-refractivity contribution in [1.29, 1.82) is 0 Å². The molecule has 0 aliphatic carbocycles. The molecule has 5 aliphatic rings. The van der Waals surface area contributed by atoms with E-state index < -0.39 is 5.91 Å². The van der Waals surface area contributed by atoms with Crippen LogP contribution in [0.2, 0.25) is 0 Å². The van der Waals surface area contributed by atoms with E-state index in [1.807, 2.05) is 66.7 Å². The second-order valence-corrected chi connectivity index (χ2v) is 34.6. The molecule has 770 valence electrons. The van der Waals surface area contributed by atoms with Gasteiger partial charge in [0.2, 0.25) is 23.5 Å². The van der Waals surface area contributed by atoms with Crippen molar-refractivity contribution >= 4 is 92.7 Å². The van der Waals surface area contributed by atoms with Crippen molar-refractivity contribution in [3.63, 3.8) is 0 Å². The van der Waals surface area contributed by atoms with Gasteiger partial charge in [0.1, 0.15) is 37.9 Å². The second kappa shape index (κ2) is 51.8.